The van der Waals surface area contributed by atoms with Gasteiger partial charge in [-0.25, -0.2) is 0 Å². The maximum atomic E-state index is 5.01. The predicted molar refractivity (Wildman–Crippen MR) is 126 cm³/mol. The van der Waals surface area contributed by atoms with Crippen molar-refractivity contribution >= 4 is 17.0 Å². The summed E-state index contributed by atoms with van der Waals surface area (Å²) in [4.78, 5) is 5.01. The van der Waals surface area contributed by atoms with Crippen molar-refractivity contribution in [2.75, 3.05) is 0 Å². The minimum atomic E-state index is 0. The molecule has 0 aliphatic heterocycles. The topological polar surface area (TPSA) is 12.9 Å². The monoisotopic (exact) mass is 573 g/mol. The summed E-state index contributed by atoms with van der Waals surface area (Å²) in [7, 11) is 0. The van der Waals surface area contributed by atoms with Crippen molar-refractivity contribution in [2.24, 2.45) is 0 Å². The average Bonchev–Trinajstić information content (AvgIpc) is 3.15. The molecule has 1 nitrogen and oxygen atoms in total. The van der Waals surface area contributed by atoms with Gasteiger partial charge >= 0.3 is 0 Å². The van der Waals surface area contributed by atoms with E-state index in [1.807, 2.05) is 12.1 Å². The van der Waals surface area contributed by atoms with Crippen LogP contribution >= 0.6 is 0 Å². The van der Waals surface area contributed by atoms with Crippen molar-refractivity contribution in [3.05, 3.63) is 109 Å². The fraction of sp³-hybridized carbons (Fsp3) is 0. The van der Waals surface area contributed by atoms with Gasteiger partial charge in [0.15, 0.2) is 0 Å². The zero-order valence-corrected chi connectivity index (χ0v) is 19.1. The molecule has 1 aliphatic rings. The van der Waals surface area contributed by atoms with E-state index in [1.54, 1.807) is 0 Å². The molecule has 0 saturated carbocycles. The Balaban J connectivity index is 0.00000204. The largest absolute Gasteiger partial charge is 0.296 e. The van der Waals surface area contributed by atoms with Gasteiger partial charge in [-0.3, -0.25) is 4.98 Å². The van der Waals surface area contributed by atoms with E-state index in [0.717, 1.165) is 27.9 Å². The van der Waals surface area contributed by atoms with Crippen LogP contribution in [0.15, 0.2) is 97.6 Å². The molecule has 0 atom stereocenters. The molecule has 149 valence electrons. The summed E-state index contributed by atoms with van der Waals surface area (Å²) in [5.41, 5.74) is 11.5. The maximum Gasteiger partial charge on any atom is 0.0607 e. The van der Waals surface area contributed by atoms with Crippen LogP contribution in [0.4, 0.5) is 0 Å². The molecule has 0 unspecified atom stereocenters. The molecular formula is C29H18IrN-. The summed E-state index contributed by atoms with van der Waals surface area (Å²) in [6.45, 7) is 3.89. The average molecular weight is 573 g/mol. The van der Waals surface area contributed by atoms with Crippen molar-refractivity contribution in [3.63, 3.8) is 0 Å². The van der Waals surface area contributed by atoms with E-state index < -0.39 is 0 Å². The van der Waals surface area contributed by atoms with Crippen LogP contribution < -0.4 is 0 Å². The Labute approximate surface area is 195 Å². The molecular weight excluding hydrogens is 555 g/mol. The molecule has 1 aromatic heterocycles. The standard InChI is InChI=1S/C29H18N.Ir/c1-2-19-8-5-9-20(16-19)21-10-6-11-22(17-21)28-18-26-24-13-4-3-12-23(24)25-14-7-15-27(30-28)29(25)26;/h2-10,12-18H,1H2;/q-1;. The number of fused-ring (bicyclic) bond motifs is 3. The Morgan fingerprint density at radius 3 is 2.29 bits per heavy atom. The van der Waals surface area contributed by atoms with Crippen molar-refractivity contribution in [1.82, 2.24) is 4.98 Å². The Morgan fingerprint density at radius 1 is 0.710 bits per heavy atom. The van der Waals surface area contributed by atoms with Gasteiger partial charge in [0, 0.05) is 25.5 Å². The Kier molecular flexibility index (Phi) is 4.90. The summed E-state index contributed by atoms with van der Waals surface area (Å²) in [6, 6.07) is 35.3. The summed E-state index contributed by atoms with van der Waals surface area (Å²) in [5, 5.41) is 1.25. The van der Waals surface area contributed by atoms with Gasteiger partial charge in [-0.2, -0.15) is 0 Å². The fourth-order valence-corrected chi connectivity index (χ4v) is 4.45. The predicted octanol–water partition coefficient (Wildman–Crippen LogP) is 7.66. The van der Waals surface area contributed by atoms with Gasteiger partial charge in [-0.1, -0.05) is 73.3 Å². The number of hydrogen-bond donors (Lipinski definition) is 0. The van der Waals surface area contributed by atoms with E-state index in [9.17, 15) is 0 Å². The second-order valence-electron chi connectivity index (χ2n) is 7.62. The van der Waals surface area contributed by atoms with Crippen molar-refractivity contribution in [1.29, 1.82) is 0 Å². The molecule has 0 N–H and O–H groups in total. The van der Waals surface area contributed by atoms with E-state index in [4.69, 9.17) is 4.98 Å². The van der Waals surface area contributed by atoms with Crippen LogP contribution in [0.25, 0.3) is 61.6 Å². The third-order valence-electron chi connectivity index (χ3n) is 5.87. The van der Waals surface area contributed by atoms with Crippen LogP contribution in [0.1, 0.15) is 5.56 Å². The molecule has 2 heteroatoms. The van der Waals surface area contributed by atoms with Crippen LogP contribution in [0.3, 0.4) is 0 Å². The first kappa shape index (κ1) is 19.6. The molecule has 0 saturated heterocycles. The molecule has 0 fully saturated rings. The van der Waals surface area contributed by atoms with Crippen molar-refractivity contribution in [3.8, 4) is 44.6 Å². The normalized spacial score (nSPS) is 11.1. The fourth-order valence-electron chi connectivity index (χ4n) is 4.45. The number of hydrogen-bond acceptors (Lipinski definition) is 1. The molecule has 1 heterocycles. The number of rotatable bonds is 3. The van der Waals surface area contributed by atoms with E-state index in [0.29, 0.717) is 0 Å². The molecule has 4 aromatic carbocycles. The van der Waals surface area contributed by atoms with E-state index >= 15 is 0 Å². The van der Waals surface area contributed by atoms with Crippen LogP contribution in [0.2, 0.25) is 0 Å². The van der Waals surface area contributed by atoms with Crippen LogP contribution in [-0.2, 0) is 20.1 Å². The van der Waals surface area contributed by atoms with Gasteiger partial charge in [0.25, 0.3) is 0 Å². The number of benzene rings is 4. The zero-order valence-electron chi connectivity index (χ0n) is 16.7. The molecule has 1 aliphatic carbocycles. The van der Waals surface area contributed by atoms with Crippen LogP contribution in [0, 0.1) is 6.07 Å². The second kappa shape index (κ2) is 7.74. The first-order chi connectivity index (χ1) is 14.8. The number of nitrogens with zero attached hydrogens (tertiary/aromatic N) is 1. The van der Waals surface area contributed by atoms with Crippen molar-refractivity contribution < 1.29 is 20.1 Å². The van der Waals surface area contributed by atoms with Gasteiger partial charge in [-0.05, 0) is 51.2 Å². The number of pyridine rings is 1. The molecule has 0 spiro atoms. The molecule has 5 aromatic rings. The van der Waals surface area contributed by atoms with Crippen LogP contribution in [0.5, 0.6) is 0 Å². The molecule has 0 amide bonds. The first-order valence-corrected chi connectivity index (χ1v) is 10.1. The minimum absolute atomic E-state index is 0. The summed E-state index contributed by atoms with van der Waals surface area (Å²) in [6.07, 6.45) is 1.88. The third-order valence-corrected chi connectivity index (χ3v) is 5.87. The van der Waals surface area contributed by atoms with Gasteiger partial charge in [0.1, 0.15) is 0 Å². The maximum absolute atomic E-state index is 5.01. The van der Waals surface area contributed by atoms with Crippen molar-refractivity contribution in [2.45, 2.75) is 0 Å². The van der Waals surface area contributed by atoms with E-state index in [2.05, 4.69) is 97.6 Å². The van der Waals surface area contributed by atoms with Gasteiger partial charge in [0.05, 0.1) is 5.52 Å². The SMILES string of the molecule is C=Cc1cccc(-c2cc[c-]c(-c3cc4c5c(cccc5n3)-c3ccccc3-4)c2)c1.[Ir]. The molecule has 6 rings (SSSR count). The Morgan fingerprint density at radius 2 is 1.45 bits per heavy atom. The smallest absolute Gasteiger partial charge is 0.0607 e. The quantitative estimate of drug-likeness (QED) is 0.199. The second-order valence-corrected chi connectivity index (χ2v) is 7.62. The summed E-state index contributed by atoms with van der Waals surface area (Å²) in [5.74, 6) is 0. The van der Waals surface area contributed by atoms with E-state index in [-0.39, 0.29) is 20.1 Å². The van der Waals surface area contributed by atoms with Gasteiger partial charge < -0.3 is 0 Å². The number of aromatic nitrogens is 1. The minimum Gasteiger partial charge on any atom is -0.296 e. The Bertz CT molecular complexity index is 1470. The Hall–Kier alpha value is -3.32. The van der Waals surface area contributed by atoms with Gasteiger partial charge in [0.2, 0.25) is 0 Å². The first-order valence-electron chi connectivity index (χ1n) is 10.1. The van der Waals surface area contributed by atoms with Crippen LogP contribution in [-0.4, -0.2) is 4.98 Å². The van der Waals surface area contributed by atoms with Gasteiger partial charge in [-0.15, -0.1) is 35.4 Å². The molecule has 0 bridgehead atoms. The van der Waals surface area contributed by atoms with E-state index in [1.165, 1.54) is 33.2 Å². The zero-order chi connectivity index (χ0) is 20.1. The molecule has 1 radical (unpaired) electrons. The summed E-state index contributed by atoms with van der Waals surface area (Å²) >= 11 is 0. The third kappa shape index (κ3) is 3.16. The molecule has 31 heavy (non-hydrogen) atoms. The summed E-state index contributed by atoms with van der Waals surface area (Å²) < 4.78 is 0.